The molecule has 0 aromatic heterocycles. The van der Waals surface area contributed by atoms with Gasteiger partial charge in [0.15, 0.2) is 23.1 Å². The number of fused-ring (bicyclic) bond motifs is 4. The average molecular weight is 943 g/mol. The van der Waals surface area contributed by atoms with Gasteiger partial charge in [0, 0.05) is 57.2 Å². The topological polar surface area (TPSA) is 317 Å². The third-order valence-corrected chi connectivity index (χ3v) is 11.9. The van der Waals surface area contributed by atoms with Gasteiger partial charge in [0.1, 0.15) is 20.2 Å². The number of nitrogens with one attached hydrogen (secondary N) is 4. The first-order valence-electron chi connectivity index (χ1n) is 18.6. The van der Waals surface area contributed by atoms with E-state index in [4.69, 9.17) is 11.5 Å². The van der Waals surface area contributed by atoms with Gasteiger partial charge in [-0.25, -0.2) is 16.8 Å². The Morgan fingerprint density at radius 3 is 1.02 bits per heavy atom. The SMILES string of the molecule is Nc1c(S(=O)(=O)[O-])cc(Nc2ccc(NC(=O)/C=C/C(=O)Nc3ccc(Nc4cc(S(=O)(=O)[O-])c(N)c5c4C(=O)c4ccccc4C5=O)cc3)cc2)c2c1C(=O)c1ccccc1C2=O.[Na+].[Na+]. The van der Waals surface area contributed by atoms with Gasteiger partial charge in [-0.1, -0.05) is 48.5 Å². The van der Waals surface area contributed by atoms with Crippen molar-refractivity contribution >= 4 is 101 Å². The molecule has 0 spiro atoms. The number of carbonyl (C=O) groups excluding carboxylic acids is 6. The average Bonchev–Trinajstić information content (AvgIpc) is 3.25. The van der Waals surface area contributed by atoms with E-state index < -0.39 is 87.5 Å². The predicted molar refractivity (Wildman–Crippen MR) is 230 cm³/mol. The number of nitrogens with two attached hydrogens (primary N) is 2. The quantitative estimate of drug-likeness (QED) is 0.0408. The van der Waals surface area contributed by atoms with Crippen molar-refractivity contribution < 1.29 is 114 Å². The maximum atomic E-state index is 13.6. The van der Waals surface area contributed by atoms with Gasteiger partial charge in [-0.05, 0) is 60.7 Å². The van der Waals surface area contributed by atoms with Gasteiger partial charge < -0.3 is 41.8 Å². The van der Waals surface area contributed by atoms with E-state index in [0.717, 1.165) is 24.3 Å². The zero-order valence-electron chi connectivity index (χ0n) is 34.4. The summed E-state index contributed by atoms with van der Waals surface area (Å²) in [6.45, 7) is 0. The fourth-order valence-corrected chi connectivity index (χ4v) is 8.57. The molecular weight excluding hydrogens is 915 g/mol. The molecule has 2 aliphatic carbocycles. The number of benzene rings is 6. The molecule has 8 rings (SSSR count). The van der Waals surface area contributed by atoms with E-state index in [2.05, 4.69) is 21.3 Å². The molecule has 0 unspecified atom stereocenters. The molecule has 0 saturated carbocycles. The monoisotopic (exact) mass is 942 g/mol. The molecule has 0 radical (unpaired) electrons. The van der Waals surface area contributed by atoms with Gasteiger partial charge in [-0.2, -0.15) is 0 Å². The Labute approximate surface area is 419 Å². The summed E-state index contributed by atoms with van der Waals surface area (Å²) in [4.78, 5) is 77.6. The van der Waals surface area contributed by atoms with Crippen molar-refractivity contribution in [2.24, 2.45) is 0 Å². The minimum Gasteiger partial charge on any atom is -0.744 e. The number of ketones is 4. The number of hydrogen-bond acceptors (Lipinski definition) is 16. The molecule has 0 saturated heterocycles. The van der Waals surface area contributed by atoms with Crippen LogP contribution in [0.5, 0.6) is 0 Å². The van der Waals surface area contributed by atoms with Gasteiger partial charge in [0.25, 0.3) is 0 Å². The minimum atomic E-state index is -5.19. The van der Waals surface area contributed by atoms with Crippen LogP contribution in [0.15, 0.2) is 131 Å². The molecule has 18 nitrogen and oxygen atoms in total. The van der Waals surface area contributed by atoms with Crippen LogP contribution in [0.1, 0.15) is 63.7 Å². The zero-order valence-corrected chi connectivity index (χ0v) is 40.1. The van der Waals surface area contributed by atoms with E-state index in [1.807, 2.05) is 0 Å². The maximum absolute atomic E-state index is 13.6. The first-order valence-corrected chi connectivity index (χ1v) is 21.4. The van der Waals surface area contributed by atoms with Crippen molar-refractivity contribution in [2.75, 3.05) is 32.7 Å². The Morgan fingerprint density at radius 1 is 0.455 bits per heavy atom. The molecule has 0 aliphatic heterocycles. The smallest absolute Gasteiger partial charge is 0.744 e. The summed E-state index contributed by atoms with van der Waals surface area (Å²) in [5.74, 6) is -4.14. The molecule has 320 valence electrons. The fraction of sp³-hybridized carbons (Fsp3) is 0. The van der Waals surface area contributed by atoms with Crippen molar-refractivity contribution in [3.63, 3.8) is 0 Å². The Hall–Kier alpha value is -6.30. The summed E-state index contributed by atoms with van der Waals surface area (Å²) >= 11 is 0. The third kappa shape index (κ3) is 9.37. The summed E-state index contributed by atoms with van der Waals surface area (Å²) in [6.07, 6.45) is 1.90. The van der Waals surface area contributed by atoms with Gasteiger partial charge in [0.2, 0.25) is 11.8 Å². The third-order valence-electron chi connectivity index (χ3n) is 10.2. The van der Waals surface area contributed by atoms with Crippen LogP contribution in [0.3, 0.4) is 0 Å². The number of amides is 2. The number of carbonyl (C=O) groups is 6. The summed E-state index contributed by atoms with van der Waals surface area (Å²) in [5, 5.41) is 10.8. The fourth-order valence-electron chi connectivity index (χ4n) is 7.30. The molecule has 6 aromatic rings. The van der Waals surface area contributed by atoms with E-state index in [1.54, 1.807) is 12.1 Å². The normalized spacial score (nSPS) is 12.7. The van der Waals surface area contributed by atoms with Crippen molar-refractivity contribution in [2.45, 2.75) is 9.79 Å². The van der Waals surface area contributed by atoms with E-state index >= 15 is 0 Å². The second kappa shape index (κ2) is 18.9. The molecule has 2 aliphatic rings. The first-order chi connectivity index (χ1) is 30.3. The maximum Gasteiger partial charge on any atom is 1.00 e. The second-order valence-electron chi connectivity index (χ2n) is 14.2. The van der Waals surface area contributed by atoms with E-state index in [1.165, 1.54) is 84.9 Å². The van der Waals surface area contributed by atoms with Crippen molar-refractivity contribution in [1.82, 2.24) is 0 Å². The number of rotatable bonds is 10. The zero-order chi connectivity index (χ0) is 45.8. The standard InChI is InChI=1S/C44H30N6O12S2.2Na/c45-39-31(63(57,58)59)19-29(35-37(39)43(55)27-7-3-1-5-25(27)41(35)53)47-21-9-13-23(14-10-21)49-33(51)17-18-34(52)50-24-15-11-22(12-16-24)48-30-20-32(64(60,61)62)40(46)38-36(30)42(54)26-6-2-4-8-28(26)44(38)56;;/h1-20,47-48H,45-46H2,(H,49,51)(H,50,52)(H,57,58,59)(H,60,61,62);;/q;2*+1/p-2/b18-17+;;. The van der Waals surface area contributed by atoms with Crippen LogP contribution in [0.25, 0.3) is 0 Å². The minimum absolute atomic E-state index is 0. The summed E-state index contributed by atoms with van der Waals surface area (Å²) < 4.78 is 72.8. The summed E-state index contributed by atoms with van der Waals surface area (Å²) in [6, 6.07) is 25.1. The molecule has 66 heavy (non-hydrogen) atoms. The van der Waals surface area contributed by atoms with E-state index in [0.29, 0.717) is 0 Å². The van der Waals surface area contributed by atoms with Gasteiger partial charge >= 0.3 is 59.1 Å². The van der Waals surface area contributed by atoms with Crippen LogP contribution >= 0.6 is 0 Å². The van der Waals surface area contributed by atoms with Crippen LogP contribution in [-0.4, -0.2) is 60.9 Å². The Bertz CT molecular complexity index is 3140. The Kier molecular flexibility index (Phi) is 14.1. The first kappa shape index (κ1) is 49.1. The van der Waals surface area contributed by atoms with Crippen molar-refractivity contribution in [3.8, 4) is 0 Å². The van der Waals surface area contributed by atoms with Crippen LogP contribution in [-0.2, 0) is 29.8 Å². The Balaban J connectivity index is 0.00000360. The molecule has 0 atom stereocenters. The van der Waals surface area contributed by atoms with Crippen LogP contribution < -0.4 is 91.8 Å². The second-order valence-corrected chi connectivity index (χ2v) is 16.9. The predicted octanol–water partition coefficient (Wildman–Crippen LogP) is -1.16. The van der Waals surface area contributed by atoms with Crippen LogP contribution in [0, 0.1) is 0 Å². The number of anilines is 8. The molecule has 6 aromatic carbocycles. The van der Waals surface area contributed by atoms with Crippen molar-refractivity contribution in [1.29, 1.82) is 0 Å². The molecule has 8 N–H and O–H groups in total. The van der Waals surface area contributed by atoms with Gasteiger partial charge in [0.05, 0.1) is 54.8 Å². The number of hydrogen-bond donors (Lipinski definition) is 6. The molecule has 0 bridgehead atoms. The molecular formula is C44H28N6Na2O12S2. The van der Waals surface area contributed by atoms with Crippen molar-refractivity contribution in [3.05, 3.63) is 166 Å². The summed E-state index contributed by atoms with van der Waals surface area (Å²) in [7, 11) is -10.4. The van der Waals surface area contributed by atoms with Crippen LogP contribution in [0.2, 0.25) is 0 Å². The van der Waals surface area contributed by atoms with E-state index in [-0.39, 0.29) is 127 Å². The molecule has 22 heteroatoms. The van der Waals surface area contributed by atoms with Gasteiger partial charge in [-0.15, -0.1) is 0 Å². The van der Waals surface area contributed by atoms with Gasteiger partial charge in [-0.3, -0.25) is 28.8 Å². The van der Waals surface area contributed by atoms with E-state index in [9.17, 15) is 54.7 Å². The van der Waals surface area contributed by atoms with Crippen LogP contribution in [0.4, 0.5) is 45.5 Å². The molecule has 0 fully saturated rings. The number of nitrogen functional groups attached to an aromatic ring is 2. The molecule has 2 amide bonds. The Morgan fingerprint density at radius 2 is 0.727 bits per heavy atom. The molecule has 0 heterocycles. The largest absolute Gasteiger partial charge is 1.00 e. The summed E-state index contributed by atoms with van der Waals surface area (Å²) in [5.41, 5.74) is 10.2.